The first kappa shape index (κ1) is 26.5. The molecule has 0 fully saturated rings. The van der Waals surface area contributed by atoms with Crippen molar-refractivity contribution in [2.24, 2.45) is 11.8 Å². The van der Waals surface area contributed by atoms with Crippen molar-refractivity contribution in [3.63, 3.8) is 0 Å². The number of ether oxygens (including phenoxy) is 1. The van der Waals surface area contributed by atoms with Gasteiger partial charge in [0, 0.05) is 17.4 Å². The van der Waals surface area contributed by atoms with E-state index in [1.165, 1.54) is 60.6 Å². The molecule has 0 saturated carbocycles. The summed E-state index contributed by atoms with van der Waals surface area (Å²) >= 11 is 0. The second-order valence-corrected chi connectivity index (χ2v) is 12.9. The van der Waals surface area contributed by atoms with Crippen LogP contribution >= 0.6 is 0 Å². The Balaban J connectivity index is 1.30. The Kier molecular flexibility index (Phi) is 6.44. The summed E-state index contributed by atoms with van der Waals surface area (Å²) in [7, 11) is 0. The van der Waals surface area contributed by atoms with Gasteiger partial charge >= 0.3 is 0 Å². The number of rotatable bonds is 4. The Bertz CT molecular complexity index is 2090. The lowest BCUT2D eigenvalue weighted by Gasteiger charge is -2.37. The van der Waals surface area contributed by atoms with E-state index in [1.807, 2.05) is 0 Å². The minimum Gasteiger partial charge on any atom is -0.485 e. The predicted octanol–water partition coefficient (Wildman–Crippen LogP) is 8.99. The molecule has 45 heavy (non-hydrogen) atoms. The zero-order chi connectivity index (χ0) is 29.7. The lowest BCUT2D eigenvalue weighted by Crippen LogP contribution is -2.42. The fourth-order valence-corrected chi connectivity index (χ4v) is 8.43. The molecule has 3 aromatic carbocycles. The van der Waals surface area contributed by atoms with E-state index in [-0.39, 0.29) is 23.9 Å². The molecule has 0 aromatic heterocycles. The van der Waals surface area contributed by atoms with E-state index in [0.717, 1.165) is 31.4 Å². The van der Waals surface area contributed by atoms with Crippen molar-refractivity contribution in [2.45, 2.75) is 37.7 Å². The van der Waals surface area contributed by atoms with E-state index in [9.17, 15) is 0 Å². The summed E-state index contributed by atoms with van der Waals surface area (Å²) in [5.74, 6) is 1.76. The van der Waals surface area contributed by atoms with Gasteiger partial charge in [-0.2, -0.15) is 0 Å². The molecule has 0 bridgehead atoms. The maximum atomic E-state index is 6.51. The second-order valence-electron chi connectivity index (χ2n) is 12.9. The van der Waals surface area contributed by atoms with Crippen LogP contribution < -0.4 is 15.2 Å². The van der Waals surface area contributed by atoms with Gasteiger partial charge in [-0.15, -0.1) is 0 Å². The highest BCUT2D eigenvalue weighted by Crippen LogP contribution is 2.51. The number of fused-ring (bicyclic) bond motifs is 5. The molecule has 4 unspecified atom stereocenters. The van der Waals surface area contributed by atoms with Gasteiger partial charge in [0.15, 0.2) is 0 Å². The van der Waals surface area contributed by atoms with Crippen molar-refractivity contribution >= 4 is 11.1 Å². The van der Waals surface area contributed by atoms with Crippen LogP contribution in [0.3, 0.4) is 0 Å². The van der Waals surface area contributed by atoms with Gasteiger partial charge in [0.05, 0.1) is 5.92 Å². The molecule has 1 heteroatoms. The molecule has 3 aromatic rings. The standard InChI is InChI=1S/C44H36O/c1-3-12-29(13-4-1)31-22-24-32(25-23-31)42-34-16-7-8-17-35(34)43(36-27-26-33(28-39(36)42)30-14-5-2-6-15-30)38-19-11-21-41-44(38)37-18-9-10-20-40(37)45-41/h1-3,5-12,14-22,24,26-28,34-35,41,44H,4,13,23,25H2. The van der Waals surface area contributed by atoms with Crippen molar-refractivity contribution < 1.29 is 4.74 Å². The van der Waals surface area contributed by atoms with Crippen LogP contribution in [0.1, 0.15) is 37.2 Å². The summed E-state index contributed by atoms with van der Waals surface area (Å²) in [6, 6.07) is 26.7. The average molecular weight is 581 g/mol. The molecular weight excluding hydrogens is 544 g/mol. The third-order valence-corrected chi connectivity index (χ3v) is 10.5. The summed E-state index contributed by atoms with van der Waals surface area (Å²) in [5, 5.41) is 2.75. The third-order valence-electron chi connectivity index (χ3n) is 10.5. The summed E-state index contributed by atoms with van der Waals surface area (Å²) in [4.78, 5) is 0. The highest BCUT2D eigenvalue weighted by Gasteiger charge is 2.42. The zero-order valence-corrected chi connectivity index (χ0v) is 25.4. The molecule has 1 nitrogen and oxygen atoms in total. The van der Waals surface area contributed by atoms with Crippen LogP contribution in [0, 0.1) is 11.8 Å². The van der Waals surface area contributed by atoms with Gasteiger partial charge < -0.3 is 4.74 Å². The third kappa shape index (κ3) is 4.45. The van der Waals surface area contributed by atoms with Crippen LogP contribution in [0.15, 0.2) is 168 Å². The van der Waals surface area contributed by atoms with Crippen LogP contribution in [0.5, 0.6) is 5.75 Å². The van der Waals surface area contributed by atoms with E-state index in [1.54, 1.807) is 0 Å². The molecule has 0 radical (unpaired) electrons. The topological polar surface area (TPSA) is 9.23 Å². The molecule has 1 aliphatic heterocycles. The SMILES string of the molecule is C1=CCCC(C2=CC=C(C3=c4cc(-c5ccccc5)ccc4=C(C4=CC=CC5Oc6ccccc6C45)C4C=CC=CC34)CC2)=C1. The maximum Gasteiger partial charge on any atom is 0.128 e. The van der Waals surface area contributed by atoms with E-state index >= 15 is 0 Å². The maximum absolute atomic E-state index is 6.51. The smallest absolute Gasteiger partial charge is 0.128 e. The Morgan fingerprint density at radius 2 is 1.33 bits per heavy atom. The fourth-order valence-electron chi connectivity index (χ4n) is 8.43. The average Bonchev–Trinajstić information content (AvgIpc) is 3.50. The lowest BCUT2D eigenvalue weighted by atomic mass is 9.66. The van der Waals surface area contributed by atoms with Crippen LogP contribution in [-0.4, -0.2) is 6.10 Å². The van der Waals surface area contributed by atoms with Crippen LogP contribution in [0.2, 0.25) is 0 Å². The summed E-state index contributed by atoms with van der Waals surface area (Å²) < 4.78 is 6.51. The first-order chi connectivity index (χ1) is 22.3. The van der Waals surface area contributed by atoms with Crippen LogP contribution in [0.25, 0.3) is 22.3 Å². The van der Waals surface area contributed by atoms with Gasteiger partial charge in [-0.25, -0.2) is 0 Å². The number of benzene rings is 3. The first-order valence-corrected chi connectivity index (χ1v) is 16.5. The molecule has 0 N–H and O–H groups in total. The fraction of sp³-hybridized carbons (Fsp3) is 0.182. The van der Waals surface area contributed by atoms with Gasteiger partial charge in [0.25, 0.3) is 0 Å². The van der Waals surface area contributed by atoms with Gasteiger partial charge in [0.2, 0.25) is 0 Å². The van der Waals surface area contributed by atoms with Gasteiger partial charge in [-0.1, -0.05) is 127 Å². The van der Waals surface area contributed by atoms with Gasteiger partial charge in [-0.3, -0.25) is 0 Å². The highest BCUT2D eigenvalue weighted by atomic mass is 16.5. The molecule has 0 amide bonds. The van der Waals surface area contributed by atoms with Gasteiger partial charge in [0.1, 0.15) is 11.9 Å². The van der Waals surface area contributed by atoms with E-state index in [2.05, 4.69) is 146 Å². The number of hydrogen-bond acceptors (Lipinski definition) is 1. The molecule has 6 aliphatic rings. The van der Waals surface area contributed by atoms with Crippen molar-refractivity contribution in [1.29, 1.82) is 0 Å². The largest absolute Gasteiger partial charge is 0.485 e. The summed E-state index contributed by atoms with van der Waals surface area (Å²) in [6.07, 6.45) is 32.4. The van der Waals surface area contributed by atoms with E-state index < -0.39 is 0 Å². The number of para-hydroxylation sites is 1. The monoisotopic (exact) mass is 580 g/mol. The minimum atomic E-state index is 0.0300. The number of hydrogen-bond donors (Lipinski definition) is 0. The molecule has 4 atom stereocenters. The number of allylic oxidation sites excluding steroid dienone is 14. The van der Waals surface area contributed by atoms with Crippen molar-refractivity contribution in [1.82, 2.24) is 0 Å². The summed E-state index contributed by atoms with van der Waals surface area (Å²) in [6.45, 7) is 0. The molecule has 1 heterocycles. The first-order valence-electron chi connectivity index (χ1n) is 16.5. The van der Waals surface area contributed by atoms with E-state index in [4.69, 9.17) is 4.74 Å². The molecule has 0 saturated heterocycles. The van der Waals surface area contributed by atoms with Crippen LogP contribution in [-0.2, 0) is 0 Å². The lowest BCUT2D eigenvalue weighted by molar-refractivity contribution is 0.266. The summed E-state index contributed by atoms with van der Waals surface area (Å²) in [5.41, 5.74) is 12.7. The highest BCUT2D eigenvalue weighted by molar-refractivity contribution is 5.84. The Morgan fingerprint density at radius 1 is 0.556 bits per heavy atom. The Hall–Kier alpha value is -4.88. The predicted molar refractivity (Wildman–Crippen MR) is 186 cm³/mol. The second kappa shape index (κ2) is 10.9. The zero-order valence-electron chi connectivity index (χ0n) is 25.4. The van der Waals surface area contributed by atoms with Gasteiger partial charge in [-0.05, 0) is 98.9 Å². The van der Waals surface area contributed by atoms with E-state index in [0.29, 0.717) is 0 Å². The molecular formula is C44H36O. The van der Waals surface area contributed by atoms with Crippen molar-refractivity contribution in [3.8, 4) is 16.9 Å². The van der Waals surface area contributed by atoms with Crippen molar-refractivity contribution in [2.75, 3.05) is 0 Å². The molecule has 218 valence electrons. The Morgan fingerprint density at radius 3 is 2.16 bits per heavy atom. The quantitative estimate of drug-likeness (QED) is 0.299. The van der Waals surface area contributed by atoms with Crippen molar-refractivity contribution in [3.05, 3.63) is 184 Å². The molecule has 9 rings (SSSR count). The molecule has 0 spiro atoms. The normalized spacial score (nSPS) is 25.7. The molecule has 5 aliphatic carbocycles. The van der Waals surface area contributed by atoms with Crippen LogP contribution in [0.4, 0.5) is 0 Å². The Labute approximate surface area is 265 Å². The minimum absolute atomic E-state index is 0.0300.